The third-order valence-corrected chi connectivity index (χ3v) is 4.84. The number of carbonyl (C=O) groups excluding carboxylic acids is 2. The largest absolute Gasteiger partial charge is 0.497 e. The van der Waals surface area contributed by atoms with E-state index in [1.54, 1.807) is 25.3 Å². The van der Waals surface area contributed by atoms with Crippen molar-refractivity contribution in [2.75, 3.05) is 24.7 Å². The SMILES string of the molecule is COc1ccc(N)c(NC(=O)CCCCCNC(=O)NC2CCCCC2)c1.Cl. The fourth-order valence-corrected chi connectivity index (χ4v) is 3.26. The van der Waals surface area contributed by atoms with Gasteiger partial charge in [-0.1, -0.05) is 25.7 Å². The summed E-state index contributed by atoms with van der Waals surface area (Å²) in [5.74, 6) is 0.579. The maximum atomic E-state index is 12.0. The van der Waals surface area contributed by atoms with Crippen LogP contribution in [0.2, 0.25) is 0 Å². The highest BCUT2D eigenvalue weighted by Crippen LogP contribution is 2.24. The first kappa shape index (κ1) is 23.9. The molecule has 1 aromatic rings. The van der Waals surface area contributed by atoms with Gasteiger partial charge in [-0.3, -0.25) is 4.79 Å². The van der Waals surface area contributed by atoms with Gasteiger partial charge in [0, 0.05) is 25.1 Å². The number of benzene rings is 1. The van der Waals surface area contributed by atoms with Crippen LogP contribution in [0.1, 0.15) is 57.8 Å². The van der Waals surface area contributed by atoms with Gasteiger partial charge in [-0.2, -0.15) is 0 Å². The van der Waals surface area contributed by atoms with E-state index in [2.05, 4.69) is 16.0 Å². The fourth-order valence-electron chi connectivity index (χ4n) is 3.26. The predicted octanol–water partition coefficient (Wildman–Crippen LogP) is 3.83. The lowest BCUT2D eigenvalue weighted by atomic mass is 9.96. The minimum absolute atomic E-state index is 0. The van der Waals surface area contributed by atoms with Gasteiger partial charge in [0.2, 0.25) is 5.91 Å². The number of nitrogens with two attached hydrogens (primary N) is 1. The number of methoxy groups -OCH3 is 1. The zero-order valence-corrected chi connectivity index (χ0v) is 17.4. The Bertz CT molecular complexity index is 621. The Kier molecular flexibility index (Phi) is 11.2. The zero-order chi connectivity index (χ0) is 19.5. The average molecular weight is 413 g/mol. The second kappa shape index (κ2) is 13.1. The molecule has 5 N–H and O–H groups in total. The summed E-state index contributed by atoms with van der Waals surface area (Å²) in [4.78, 5) is 23.9. The van der Waals surface area contributed by atoms with Gasteiger partial charge in [-0.15, -0.1) is 12.4 Å². The van der Waals surface area contributed by atoms with Crippen molar-refractivity contribution in [3.63, 3.8) is 0 Å². The number of rotatable bonds is 9. The van der Waals surface area contributed by atoms with Crippen molar-refractivity contribution in [3.8, 4) is 5.75 Å². The third kappa shape index (κ3) is 8.69. The lowest BCUT2D eigenvalue weighted by molar-refractivity contribution is -0.116. The van der Waals surface area contributed by atoms with Gasteiger partial charge in [-0.05, 0) is 37.8 Å². The molecule has 7 nitrogen and oxygen atoms in total. The number of anilines is 2. The van der Waals surface area contributed by atoms with E-state index < -0.39 is 0 Å². The normalized spacial score (nSPS) is 13.9. The van der Waals surface area contributed by atoms with Gasteiger partial charge < -0.3 is 26.4 Å². The van der Waals surface area contributed by atoms with Crippen LogP contribution in [0.4, 0.5) is 16.2 Å². The van der Waals surface area contributed by atoms with Gasteiger partial charge in [0.1, 0.15) is 5.75 Å². The number of halogens is 1. The second-order valence-corrected chi connectivity index (χ2v) is 7.05. The van der Waals surface area contributed by atoms with E-state index in [-0.39, 0.29) is 24.3 Å². The first-order chi connectivity index (χ1) is 13.1. The number of ether oxygens (including phenoxy) is 1. The number of nitrogens with one attached hydrogen (secondary N) is 3. The minimum Gasteiger partial charge on any atom is -0.497 e. The smallest absolute Gasteiger partial charge is 0.315 e. The Hall–Kier alpha value is -2.15. The Morgan fingerprint density at radius 3 is 2.61 bits per heavy atom. The van der Waals surface area contributed by atoms with Crippen LogP contribution in [-0.4, -0.2) is 31.6 Å². The molecule has 0 spiro atoms. The molecule has 3 amide bonds. The van der Waals surface area contributed by atoms with Crippen molar-refractivity contribution < 1.29 is 14.3 Å². The van der Waals surface area contributed by atoms with E-state index in [9.17, 15) is 9.59 Å². The van der Waals surface area contributed by atoms with Crippen LogP contribution in [0.3, 0.4) is 0 Å². The van der Waals surface area contributed by atoms with E-state index in [0.717, 1.165) is 32.1 Å². The lowest BCUT2D eigenvalue weighted by Crippen LogP contribution is -2.43. The summed E-state index contributed by atoms with van der Waals surface area (Å²) in [5, 5.41) is 8.75. The standard InChI is InChI=1S/C20H32N4O3.ClH/c1-27-16-11-12-17(21)18(14-16)24-19(25)10-6-3-7-13-22-20(26)23-15-8-4-2-5-9-15;/h11-12,14-15H,2-10,13,21H2,1H3,(H,24,25)(H2,22,23,26);1H. The number of hydrogen-bond donors (Lipinski definition) is 4. The van der Waals surface area contributed by atoms with Gasteiger partial charge >= 0.3 is 6.03 Å². The van der Waals surface area contributed by atoms with Crippen molar-refractivity contribution >= 4 is 35.7 Å². The van der Waals surface area contributed by atoms with E-state index in [1.807, 2.05) is 0 Å². The molecule has 0 bridgehead atoms. The van der Waals surface area contributed by atoms with E-state index in [4.69, 9.17) is 10.5 Å². The predicted molar refractivity (Wildman–Crippen MR) is 115 cm³/mol. The van der Waals surface area contributed by atoms with Gasteiger partial charge in [0.05, 0.1) is 18.5 Å². The summed E-state index contributed by atoms with van der Waals surface area (Å²) in [7, 11) is 1.57. The first-order valence-electron chi connectivity index (χ1n) is 9.86. The van der Waals surface area contributed by atoms with Crippen LogP contribution in [-0.2, 0) is 4.79 Å². The fraction of sp³-hybridized carbons (Fsp3) is 0.600. The van der Waals surface area contributed by atoms with Crippen LogP contribution >= 0.6 is 12.4 Å². The summed E-state index contributed by atoms with van der Waals surface area (Å²) in [6.45, 7) is 0.628. The van der Waals surface area contributed by atoms with Crippen molar-refractivity contribution in [1.29, 1.82) is 0 Å². The molecule has 2 rings (SSSR count). The maximum absolute atomic E-state index is 12.0. The van der Waals surface area contributed by atoms with E-state index in [0.29, 0.717) is 36.1 Å². The number of unbranched alkanes of at least 4 members (excludes halogenated alkanes) is 2. The summed E-state index contributed by atoms with van der Waals surface area (Å²) in [6, 6.07) is 5.42. The van der Waals surface area contributed by atoms with Gasteiger partial charge in [0.15, 0.2) is 0 Å². The Labute approximate surface area is 173 Å². The van der Waals surface area contributed by atoms with Crippen LogP contribution in [0, 0.1) is 0 Å². The van der Waals surface area contributed by atoms with Crippen molar-refractivity contribution in [2.45, 2.75) is 63.8 Å². The van der Waals surface area contributed by atoms with Crippen molar-refractivity contribution in [1.82, 2.24) is 10.6 Å². The molecule has 1 aromatic carbocycles. The van der Waals surface area contributed by atoms with Gasteiger partial charge in [0.25, 0.3) is 0 Å². The Morgan fingerprint density at radius 1 is 1.14 bits per heavy atom. The Morgan fingerprint density at radius 2 is 1.89 bits per heavy atom. The molecule has 0 unspecified atom stereocenters. The van der Waals surface area contributed by atoms with Crippen LogP contribution in [0.25, 0.3) is 0 Å². The minimum atomic E-state index is -0.0758. The molecular weight excluding hydrogens is 380 g/mol. The molecule has 0 saturated heterocycles. The van der Waals surface area contributed by atoms with Crippen LogP contribution in [0.5, 0.6) is 5.75 Å². The monoisotopic (exact) mass is 412 g/mol. The highest BCUT2D eigenvalue weighted by atomic mass is 35.5. The summed E-state index contributed by atoms with van der Waals surface area (Å²) in [5.41, 5.74) is 6.95. The molecule has 1 saturated carbocycles. The zero-order valence-electron chi connectivity index (χ0n) is 16.6. The number of nitrogen functional groups attached to an aromatic ring is 1. The average Bonchev–Trinajstić information content (AvgIpc) is 2.67. The number of amides is 3. The van der Waals surface area contributed by atoms with Crippen LogP contribution < -0.4 is 26.4 Å². The van der Waals surface area contributed by atoms with Crippen molar-refractivity contribution in [3.05, 3.63) is 18.2 Å². The molecule has 0 aliphatic heterocycles. The molecular formula is C20H33ClN4O3. The van der Waals surface area contributed by atoms with E-state index >= 15 is 0 Å². The molecule has 0 aromatic heterocycles. The maximum Gasteiger partial charge on any atom is 0.315 e. The highest BCUT2D eigenvalue weighted by Gasteiger charge is 2.15. The molecule has 1 aliphatic carbocycles. The molecule has 0 radical (unpaired) electrons. The number of urea groups is 1. The van der Waals surface area contributed by atoms with E-state index in [1.165, 1.54) is 19.3 Å². The first-order valence-corrected chi connectivity index (χ1v) is 9.86. The summed E-state index contributed by atoms with van der Waals surface area (Å²) >= 11 is 0. The highest BCUT2D eigenvalue weighted by molar-refractivity contribution is 5.94. The summed E-state index contributed by atoms with van der Waals surface area (Å²) < 4.78 is 5.14. The van der Waals surface area contributed by atoms with Gasteiger partial charge in [-0.25, -0.2) is 4.79 Å². The number of carbonyl (C=O) groups is 2. The summed E-state index contributed by atoms with van der Waals surface area (Å²) in [6.07, 6.45) is 8.77. The second-order valence-electron chi connectivity index (χ2n) is 7.05. The molecule has 0 atom stereocenters. The molecule has 8 heteroatoms. The number of hydrogen-bond acceptors (Lipinski definition) is 4. The molecule has 158 valence electrons. The van der Waals surface area contributed by atoms with Crippen LogP contribution in [0.15, 0.2) is 18.2 Å². The topological polar surface area (TPSA) is 105 Å². The quantitative estimate of drug-likeness (QED) is 0.365. The molecule has 1 fully saturated rings. The third-order valence-electron chi connectivity index (χ3n) is 4.84. The molecule has 28 heavy (non-hydrogen) atoms. The molecule has 1 aliphatic rings. The lowest BCUT2D eigenvalue weighted by Gasteiger charge is -2.22. The van der Waals surface area contributed by atoms with Crippen molar-refractivity contribution in [2.24, 2.45) is 0 Å². The Balaban J connectivity index is 0.00000392. The molecule has 0 heterocycles.